The van der Waals surface area contributed by atoms with E-state index in [0.29, 0.717) is 17.7 Å². The third-order valence-corrected chi connectivity index (χ3v) is 5.20. The fraction of sp³-hybridized carbons (Fsp3) is 0.294. The van der Waals surface area contributed by atoms with E-state index in [1.165, 1.54) is 12.1 Å². The van der Waals surface area contributed by atoms with E-state index < -0.39 is 10.0 Å². The number of aryl methyl sites for hydroxylation is 2. The SMILES string of the molecule is COc1cc(C)c(S(=O)(=O)NCCc2ccc(F)cc2)cc1C. The summed E-state index contributed by atoms with van der Waals surface area (Å²) in [5.41, 5.74) is 2.26. The van der Waals surface area contributed by atoms with Crippen molar-refractivity contribution < 1.29 is 17.5 Å². The first kappa shape index (κ1) is 17.4. The third-order valence-electron chi connectivity index (χ3n) is 3.60. The van der Waals surface area contributed by atoms with Gasteiger partial charge in [-0.05, 0) is 61.2 Å². The first-order valence-corrected chi connectivity index (χ1v) is 8.71. The number of sulfonamides is 1. The number of benzene rings is 2. The second-order valence-electron chi connectivity index (χ2n) is 5.36. The lowest BCUT2D eigenvalue weighted by atomic mass is 10.1. The quantitative estimate of drug-likeness (QED) is 0.882. The van der Waals surface area contributed by atoms with E-state index >= 15 is 0 Å². The first-order valence-electron chi connectivity index (χ1n) is 7.23. The first-order chi connectivity index (χ1) is 10.8. The van der Waals surface area contributed by atoms with Crippen LogP contribution in [0, 0.1) is 19.7 Å². The van der Waals surface area contributed by atoms with Crippen molar-refractivity contribution in [1.82, 2.24) is 4.72 Å². The van der Waals surface area contributed by atoms with Gasteiger partial charge < -0.3 is 4.74 Å². The summed E-state index contributed by atoms with van der Waals surface area (Å²) in [6.45, 7) is 3.78. The van der Waals surface area contributed by atoms with E-state index in [9.17, 15) is 12.8 Å². The Balaban J connectivity index is 2.10. The molecule has 0 atom stereocenters. The largest absolute Gasteiger partial charge is 0.496 e. The summed E-state index contributed by atoms with van der Waals surface area (Å²) >= 11 is 0. The second kappa shape index (κ2) is 7.10. The minimum Gasteiger partial charge on any atom is -0.496 e. The van der Waals surface area contributed by atoms with Gasteiger partial charge in [-0.3, -0.25) is 0 Å². The van der Waals surface area contributed by atoms with Crippen LogP contribution in [0.4, 0.5) is 4.39 Å². The second-order valence-corrected chi connectivity index (χ2v) is 7.10. The Morgan fingerprint density at radius 2 is 1.74 bits per heavy atom. The average Bonchev–Trinajstić information content (AvgIpc) is 2.51. The number of methoxy groups -OCH3 is 1. The highest BCUT2D eigenvalue weighted by atomic mass is 32.2. The Morgan fingerprint density at radius 3 is 2.35 bits per heavy atom. The molecule has 0 amide bonds. The zero-order valence-corrected chi connectivity index (χ0v) is 14.2. The molecule has 23 heavy (non-hydrogen) atoms. The number of halogens is 1. The van der Waals surface area contributed by atoms with Crippen LogP contribution < -0.4 is 9.46 Å². The van der Waals surface area contributed by atoms with Gasteiger partial charge in [0.05, 0.1) is 12.0 Å². The van der Waals surface area contributed by atoms with Gasteiger partial charge >= 0.3 is 0 Å². The molecule has 0 unspecified atom stereocenters. The van der Waals surface area contributed by atoms with Gasteiger partial charge in [-0.1, -0.05) is 12.1 Å². The van der Waals surface area contributed by atoms with E-state index in [2.05, 4.69) is 4.72 Å². The summed E-state index contributed by atoms with van der Waals surface area (Å²) in [6, 6.07) is 9.33. The van der Waals surface area contributed by atoms with Gasteiger partial charge in [0.2, 0.25) is 10.0 Å². The van der Waals surface area contributed by atoms with Crippen molar-refractivity contribution in [1.29, 1.82) is 0 Å². The zero-order chi connectivity index (χ0) is 17.0. The van der Waals surface area contributed by atoms with Crippen LogP contribution in [0.1, 0.15) is 16.7 Å². The molecule has 0 saturated carbocycles. The molecule has 0 radical (unpaired) electrons. The van der Waals surface area contributed by atoms with Crippen molar-refractivity contribution >= 4 is 10.0 Å². The standard InChI is InChI=1S/C17H20FNO3S/c1-12-11-17(13(2)10-16(12)22-3)23(20,21)19-9-8-14-4-6-15(18)7-5-14/h4-7,10-11,19H,8-9H2,1-3H3. The minimum absolute atomic E-state index is 0.245. The maximum absolute atomic E-state index is 12.8. The van der Waals surface area contributed by atoms with E-state index in [1.807, 2.05) is 0 Å². The smallest absolute Gasteiger partial charge is 0.240 e. The van der Waals surface area contributed by atoms with Gasteiger partial charge in [-0.15, -0.1) is 0 Å². The lowest BCUT2D eigenvalue weighted by Crippen LogP contribution is -2.26. The van der Waals surface area contributed by atoms with E-state index in [0.717, 1.165) is 11.1 Å². The van der Waals surface area contributed by atoms with Crippen molar-refractivity contribution in [2.45, 2.75) is 25.2 Å². The Labute approximate surface area is 136 Å². The van der Waals surface area contributed by atoms with E-state index in [4.69, 9.17) is 4.74 Å². The summed E-state index contributed by atoms with van der Waals surface area (Å²) in [5, 5.41) is 0. The predicted molar refractivity (Wildman–Crippen MR) is 87.8 cm³/mol. The molecule has 1 N–H and O–H groups in total. The monoisotopic (exact) mass is 337 g/mol. The molecular formula is C17H20FNO3S. The van der Waals surface area contributed by atoms with Crippen molar-refractivity contribution in [2.24, 2.45) is 0 Å². The zero-order valence-electron chi connectivity index (χ0n) is 13.4. The molecule has 2 aromatic rings. The Kier molecular flexibility index (Phi) is 5.38. The number of nitrogens with one attached hydrogen (secondary N) is 1. The maximum Gasteiger partial charge on any atom is 0.240 e. The highest BCUT2D eigenvalue weighted by molar-refractivity contribution is 7.89. The summed E-state index contributed by atoms with van der Waals surface area (Å²) < 4.78 is 45.5. The molecule has 4 nitrogen and oxygen atoms in total. The Bertz CT molecular complexity index is 786. The normalized spacial score (nSPS) is 11.5. The molecule has 0 fully saturated rings. The molecular weight excluding hydrogens is 317 g/mol. The molecule has 0 spiro atoms. The van der Waals surface area contributed by atoms with Crippen molar-refractivity contribution in [3.05, 3.63) is 58.9 Å². The van der Waals surface area contributed by atoms with Crippen LogP contribution in [0.25, 0.3) is 0 Å². The summed E-state index contributed by atoms with van der Waals surface area (Å²) in [5.74, 6) is 0.353. The number of hydrogen-bond donors (Lipinski definition) is 1. The maximum atomic E-state index is 12.8. The Hall–Kier alpha value is -1.92. The third kappa shape index (κ3) is 4.30. The number of rotatable bonds is 6. The van der Waals surface area contributed by atoms with Crippen LogP contribution in [0.15, 0.2) is 41.3 Å². The van der Waals surface area contributed by atoms with Crippen LogP contribution in [0.2, 0.25) is 0 Å². The van der Waals surface area contributed by atoms with Crippen molar-refractivity contribution in [3.8, 4) is 5.75 Å². The topological polar surface area (TPSA) is 55.4 Å². The van der Waals surface area contributed by atoms with Gasteiger partial charge in [-0.2, -0.15) is 0 Å². The van der Waals surface area contributed by atoms with Crippen LogP contribution in [0.3, 0.4) is 0 Å². The summed E-state index contributed by atoms with van der Waals surface area (Å²) in [6.07, 6.45) is 0.494. The summed E-state index contributed by atoms with van der Waals surface area (Å²) in [4.78, 5) is 0.245. The molecule has 0 aliphatic heterocycles. The molecule has 124 valence electrons. The van der Waals surface area contributed by atoms with Crippen molar-refractivity contribution in [2.75, 3.05) is 13.7 Å². The average molecular weight is 337 g/mol. The highest BCUT2D eigenvalue weighted by Crippen LogP contribution is 2.25. The molecule has 0 heterocycles. The van der Waals surface area contributed by atoms with Crippen LogP contribution in [-0.2, 0) is 16.4 Å². The number of ether oxygens (including phenoxy) is 1. The van der Waals surface area contributed by atoms with E-state index in [1.54, 1.807) is 45.2 Å². The molecule has 0 bridgehead atoms. The molecule has 0 aliphatic carbocycles. The van der Waals surface area contributed by atoms with Crippen molar-refractivity contribution in [3.63, 3.8) is 0 Å². The van der Waals surface area contributed by atoms with Crippen LogP contribution in [-0.4, -0.2) is 22.1 Å². The molecule has 2 rings (SSSR count). The van der Waals surface area contributed by atoms with Crippen LogP contribution >= 0.6 is 0 Å². The van der Waals surface area contributed by atoms with Gasteiger partial charge in [0.1, 0.15) is 11.6 Å². The van der Waals surface area contributed by atoms with Gasteiger partial charge in [0, 0.05) is 6.54 Å². The Morgan fingerprint density at radius 1 is 1.09 bits per heavy atom. The molecule has 0 aliphatic rings. The van der Waals surface area contributed by atoms with Gasteiger partial charge in [0.25, 0.3) is 0 Å². The predicted octanol–water partition coefficient (Wildman–Crippen LogP) is 2.97. The number of hydrogen-bond acceptors (Lipinski definition) is 3. The lowest BCUT2D eigenvalue weighted by molar-refractivity contribution is 0.411. The lowest BCUT2D eigenvalue weighted by Gasteiger charge is -2.13. The fourth-order valence-electron chi connectivity index (χ4n) is 2.33. The fourth-order valence-corrected chi connectivity index (χ4v) is 3.67. The molecule has 2 aromatic carbocycles. The summed E-state index contributed by atoms with van der Waals surface area (Å²) in [7, 11) is -2.04. The van der Waals surface area contributed by atoms with Gasteiger partial charge in [0.15, 0.2) is 0 Å². The van der Waals surface area contributed by atoms with Gasteiger partial charge in [-0.25, -0.2) is 17.5 Å². The van der Waals surface area contributed by atoms with E-state index in [-0.39, 0.29) is 17.3 Å². The minimum atomic E-state index is -3.60. The van der Waals surface area contributed by atoms with Crippen LogP contribution in [0.5, 0.6) is 5.75 Å². The molecule has 6 heteroatoms. The highest BCUT2D eigenvalue weighted by Gasteiger charge is 2.18. The molecule has 0 saturated heterocycles. The molecule has 0 aromatic heterocycles.